The third-order valence-electron chi connectivity index (χ3n) is 3.41. The first kappa shape index (κ1) is 19.4. The molecule has 0 saturated carbocycles. The van der Waals surface area contributed by atoms with Crippen LogP contribution in [0.5, 0.6) is 0 Å². The molecule has 2 aromatic rings. The van der Waals surface area contributed by atoms with Gasteiger partial charge in [-0.15, -0.1) is 0 Å². The Morgan fingerprint density at radius 1 is 1.15 bits per heavy atom. The van der Waals surface area contributed by atoms with Crippen molar-refractivity contribution in [1.29, 1.82) is 0 Å². The molecule has 1 heterocycles. The van der Waals surface area contributed by atoms with Crippen LogP contribution in [0.25, 0.3) is 0 Å². The molecule has 9 heteroatoms. The van der Waals surface area contributed by atoms with Crippen LogP contribution in [0, 0.1) is 0 Å². The molecule has 0 aliphatic carbocycles. The van der Waals surface area contributed by atoms with Gasteiger partial charge in [-0.3, -0.25) is 9.59 Å². The summed E-state index contributed by atoms with van der Waals surface area (Å²) in [6, 6.07) is 9.08. The standard InChI is InChI=1S/C17H18F3N3O3/c1-11(14-7-4-8-26-14)23-15(24)9-21-13-6-3-2-5-12(13)16(25)22-10-17(18,19)20/h2-8,11,21H,9-10H2,1H3,(H,22,25)(H,23,24). The molecule has 0 aliphatic rings. The third-order valence-corrected chi connectivity index (χ3v) is 3.41. The largest absolute Gasteiger partial charge is 0.467 e. The number of benzene rings is 1. The molecule has 0 bridgehead atoms. The smallest absolute Gasteiger partial charge is 0.405 e. The predicted octanol–water partition coefficient (Wildman–Crippen LogP) is 2.86. The van der Waals surface area contributed by atoms with Gasteiger partial charge in [-0.1, -0.05) is 12.1 Å². The zero-order valence-corrected chi connectivity index (χ0v) is 13.9. The first-order valence-corrected chi connectivity index (χ1v) is 7.77. The van der Waals surface area contributed by atoms with Gasteiger partial charge >= 0.3 is 6.18 Å². The number of carbonyl (C=O) groups excluding carboxylic acids is 2. The van der Waals surface area contributed by atoms with Crippen molar-refractivity contribution >= 4 is 17.5 Å². The highest BCUT2D eigenvalue weighted by Crippen LogP contribution is 2.17. The summed E-state index contributed by atoms with van der Waals surface area (Å²) in [5.41, 5.74) is 0.275. The Bertz CT molecular complexity index is 745. The zero-order chi connectivity index (χ0) is 19.2. The van der Waals surface area contributed by atoms with Gasteiger partial charge in [0.15, 0.2) is 0 Å². The maximum atomic E-state index is 12.2. The Morgan fingerprint density at radius 2 is 1.88 bits per heavy atom. The Labute approximate surface area is 147 Å². The second-order valence-electron chi connectivity index (χ2n) is 5.50. The van der Waals surface area contributed by atoms with Crippen molar-refractivity contribution < 1.29 is 27.2 Å². The Hall–Kier alpha value is -2.97. The average Bonchev–Trinajstić information content (AvgIpc) is 3.12. The van der Waals surface area contributed by atoms with Crippen LogP contribution in [0.15, 0.2) is 47.1 Å². The summed E-state index contributed by atoms with van der Waals surface area (Å²) in [7, 11) is 0. The zero-order valence-electron chi connectivity index (χ0n) is 13.9. The lowest BCUT2D eigenvalue weighted by Gasteiger charge is -2.15. The first-order chi connectivity index (χ1) is 12.3. The van der Waals surface area contributed by atoms with Crippen LogP contribution in [-0.4, -0.2) is 31.1 Å². The van der Waals surface area contributed by atoms with Gasteiger partial charge in [0.2, 0.25) is 5.91 Å². The van der Waals surface area contributed by atoms with Crippen molar-refractivity contribution in [3.05, 3.63) is 54.0 Å². The summed E-state index contributed by atoms with van der Waals surface area (Å²) in [4.78, 5) is 23.9. The van der Waals surface area contributed by atoms with E-state index in [1.165, 1.54) is 24.5 Å². The van der Waals surface area contributed by atoms with E-state index in [2.05, 4.69) is 10.6 Å². The van der Waals surface area contributed by atoms with Gasteiger partial charge in [-0.05, 0) is 31.2 Å². The summed E-state index contributed by atoms with van der Waals surface area (Å²) < 4.78 is 41.9. The van der Waals surface area contributed by atoms with Gasteiger partial charge in [-0.2, -0.15) is 13.2 Å². The molecule has 0 radical (unpaired) electrons. The molecule has 0 saturated heterocycles. The number of furan rings is 1. The summed E-state index contributed by atoms with van der Waals surface area (Å²) in [5, 5.41) is 7.26. The van der Waals surface area contributed by atoms with Crippen molar-refractivity contribution in [2.24, 2.45) is 0 Å². The lowest BCUT2D eigenvalue weighted by Crippen LogP contribution is -2.35. The maximum absolute atomic E-state index is 12.2. The molecule has 0 aliphatic heterocycles. The topological polar surface area (TPSA) is 83.4 Å². The second-order valence-corrected chi connectivity index (χ2v) is 5.50. The fraction of sp³-hybridized carbons (Fsp3) is 0.294. The molecule has 3 N–H and O–H groups in total. The number of amides is 2. The van der Waals surface area contributed by atoms with Crippen molar-refractivity contribution in [1.82, 2.24) is 10.6 Å². The quantitative estimate of drug-likeness (QED) is 0.701. The van der Waals surface area contributed by atoms with Gasteiger partial charge in [0.05, 0.1) is 24.4 Å². The highest BCUT2D eigenvalue weighted by Gasteiger charge is 2.28. The molecule has 2 rings (SSSR count). The van der Waals surface area contributed by atoms with E-state index in [9.17, 15) is 22.8 Å². The molecule has 1 aromatic heterocycles. The van der Waals surface area contributed by atoms with Gasteiger partial charge < -0.3 is 20.4 Å². The molecule has 0 spiro atoms. The molecule has 0 fully saturated rings. The summed E-state index contributed by atoms with van der Waals surface area (Å²) in [6.45, 7) is 0.158. The van der Waals surface area contributed by atoms with Crippen molar-refractivity contribution in [3.63, 3.8) is 0 Å². The van der Waals surface area contributed by atoms with Crippen LogP contribution in [-0.2, 0) is 4.79 Å². The van der Waals surface area contributed by atoms with Crippen LogP contribution < -0.4 is 16.0 Å². The van der Waals surface area contributed by atoms with Crippen molar-refractivity contribution in [2.75, 3.05) is 18.4 Å². The van der Waals surface area contributed by atoms with Crippen molar-refractivity contribution in [3.8, 4) is 0 Å². The second kappa shape index (κ2) is 8.41. The van der Waals surface area contributed by atoms with Crippen LogP contribution in [0.3, 0.4) is 0 Å². The number of anilines is 1. The highest BCUT2D eigenvalue weighted by atomic mass is 19.4. The number of para-hydroxylation sites is 1. The van der Waals surface area contributed by atoms with E-state index in [0.717, 1.165) is 0 Å². The first-order valence-electron chi connectivity index (χ1n) is 7.77. The minimum atomic E-state index is -4.50. The molecule has 1 aromatic carbocycles. The van der Waals surface area contributed by atoms with E-state index in [4.69, 9.17) is 4.42 Å². The SMILES string of the molecule is CC(NC(=O)CNc1ccccc1C(=O)NCC(F)(F)F)c1ccco1. The van der Waals surface area contributed by atoms with Gasteiger partial charge in [-0.25, -0.2) is 0 Å². The van der Waals surface area contributed by atoms with E-state index in [-0.39, 0.29) is 29.7 Å². The van der Waals surface area contributed by atoms with Crippen LogP contribution in [0.2, 0.25) is 0 Å². The number of nitrogens with one attached hydrogen (secondary N) is 3. The Balaban J connectivity index is 1.93. The average molecular weight is 369 g/mol. The third kappa shape index (κ3) is 5.83. The summed E-state index contributed by atoms with van der Waals surface area (Å²) >= 11 is 0. The normalized spacial score (nSPS) is 12.3. The number of halogens is 3. The number of rotatable bonds is 7. The maximum Gasteiger partial charge on any atom is 0.405 e. The van der Waals surface area contributed by atoms with Crippen LogP contribution in [0.1, 0.15) is 29.1 Å². The van der Waals surface area contributed by atoms with Gasteiger partial charge in [0, 0.05) is 5.69 Å². The molecule has 1 atom stereocenters. The lowest BCUT2D eigenvalue weighted by molar-refractivity contribution is -0.123. The number of carbonyl (C=O) groups is 2. The monoisotopic (exact) mass is 369 g/mol. The highest BCUT2D eigenvalue weighted by molar-refractivity contribution is 6.00. The number of hydrogen-bond donors (Lipinski definition) is 3. The molecular weight excluding hydrogens is 351 g/mol. The molecule has 140 valence electrons. The summed E-state index contributed by atoms with van der Waals surface area (Å²) in [6.07, 6.45) is -3.01. The fourth-order valence-electron chi connectivity index (χ4n) is 2.19. The van der Waals surface area contributed by atoms with E-state index >= 15 is 0 Å². The van der Waals surface area contributed by atoms with Crippen molar-refractivity contribution in [2.45, 2.75) is 19.1 Å². The molecular formula is C17H18F3N3O3. The molecule has 26 heavy (non-hydrogen) atoms. The number of alkyl halides is 3. The molecule has 6 nitrogen and oxygen atoms in total. The number of hydrogen-bond acceptors (Lipinski definition) is 4. The van der Waals surface area contributed by atoms with E-state index in [0.29, 0.717) is 5.76 Å². The lowest BCUT2D eigenvalue weighted by atomic mass is 10.1. The summed E-state index contributed by atoms with van der Waals surface area (Å²) in [5.74, 6) is -0.653. The molecule has 2 amide bonds. The van der Waals surface area contributed by atoms with Crippen LogP contribution in [0.4, 0.5) is 18.9 Å². The van der Waals surface area contributed by atoms with Gasteiger partial charge in [0.1, 0.15) is 12.3 Å². The minimum absolute atomic E-state index is 0.0173. The van der Waals surface area contributed by atoms with Crippen LogP contribution >= 0.6 is 0 Å². The van der Waals surface area contributed by atoms with E-state index < -0.39 is 18.6 Å². The van der Waals surface area contributed by atoms with E-state index in [1.807, 2.05) is 0 Å². The predicted molar refractivity (Wildman–Crippen MR) is 88.6 cm³/mol. The fourth-order valence-corrected chi connectivity index (χ4v) is 2.19. The Kier molecular flexibility index (Phi) is 6.26. The Morgan fingerprint density at radius 3 is 2.54 bits per heavy atom. The van der Waals surface area contributed by atoms with E-state index in [1.54, 1.807) is 30.4 Å². The minimum Gasteiger partial charge on any atom is -0.467 e. The van der Waals surface area contributed by atoms with Gasteiger partial charge in [0.25, 0.3) is 5.91 Å². The molecule has 1 unspecified atom stereocenters.